The minimum Gasteiger partial charge on any atom is -0.508 e. The standard InChI is InChI=1S/C21H15ClN2O4/c22-19-7-2-1-6-18(19)21(27)28-17-5-3-4-14(12-17)13-23-24-20(26)15-8-10-16(25)11-9-15/h1-13,25H,(H,24,26). The number of aromatic hydroxyl groups is 1. The second-order valence-corrected chi connectivity index (χ2v) is 6.10. The summed E-state index contributed by atoms with van der Waals surface area (Å²) >= 11 is 6.00. The van der Waals surface area contributed by atoms with Crippen molar-refractivity contribution in [1.29, 1.82) is 0 Å². The van der Waals surface area contributed by atoms with E-state index in [1.807, 2.05) is 0 Å². The molecule has 2 N–H and O–H groups in total. The van der Waals surface area contributed by atoms with Gasteiger partial charge in [0.25, 0.3) is 5.91 Å². The van der Waals surface area contributed by atoms with Crippen LogP contribution in [0.3, 0.4) is 0 Å². The van der Waals surface area contributed by atoms with Gasteiger partial charge in [-0.2, -0.15) is 5.10 Å². The van der Waals surface area contributed by atoms with Gasteiger partial charge in [-0.1, -0.05) is 35.9 Å². The molecule has 0 radical (unpaired) electrons. The monoisotopic (exact) mass is 394 g/mol. The third-order valence-corrected chi connectivity index (χ3v) is 4.00. The van der Waals surface area contributed by atoms with E-state index < -0.39 is 11.9 Å². The molecule has 1 amide bonds. The van der Waals surface area contributed by atoms with E-state index in [2.05, 4.69) is 10.5 Å². The molecule has 140 valence electrons. The molecular formula is C21H15ClN2O4. The highest BCUT2D eigenvalue weighted by atomic mass is 35.5. The molecule has 0 aliphatic carbocycles. The van der Waals surface area contributed by atoms with Gasteiger partial charge in [0.15, 0.2) is 0 Å². The number of phenolic OH excluding ortho intramolecular Hbond substituents is 1. The lowest BCUT2D eigenvalue weighted by Gasteiger charge is -2.06. The van der Waals surface area contributed by atoms with Crippen molar-refractivity contribution >= 4 is 29.7 Å². The molecule has 3 aromatic rings. The molecule has 6 nitrogen and oxygen atoms in total. The summed E-state index contributed by atoms with van der Waals surface area (Å²) in [6, 6.07) is 19.1. The molecule has 0 aliphatic heterocycles. The molecule has 0 spiro atoms. The van der Waals surface area contributed by atoms with Crippen molar-refractivity contribution < 1.29 is 19.4 Å². The lowest BCUT2D eigenvalue weighted by Crippen LogP contribution is -2.17. The number of nitrogens with zero attached hydrogens (tertiary/aromatic N) is 1. The summed E-state index contributed by atoms with van der Waals surface area (Å²) in [7, 11) is 0. The summed E-state index contributed by atoms with van der Waals surface area (Å²) in [5, 5.41) is 13.4. The van der Waals surface area contributed by atoms with Crippen molar-refractivity contribution in [2.75, 3.05) is 0 Å². The van der Waals surface area contributed by atoms with Crippen LogP contribution in [0.2, 0.25) is 5.02 Å². The first kappa shape index (κ1) is 19.1. The predicted octanol–water partition coefficient (Wildman–Crippen LogP) is 4.03. The fourth-order valence-corrected chi connectivity index (χ4v) is 2.50. The van der Waals surface area contributed by atoms with E-state index in [1.165, 1.54) is 30.5 Å². The second-order valence-electron chi connectivity index (χ2n) is 5.69. The maximum Gasteiger partial charge on any atom is 0.345 e. The first-order chi connectivity index (χ1) is 13.5. The van der Waals surface area contributed by atoms with Crippen LogP contribution in [0.5, 0.6) is 11.5 Å². The van der Waals surface area contributed by atoms with Gasteiger partial charge in [0.1, 0.15) is 11.5 Å². The van der Waals surface area contributed by atoms with Gasteiger partial charge < -0.3 is 9.84 Å². The number of hydrazone groups is 1. The number of carbonyl (C=O) groups is 2. The van der Waals surface area contributed by atoms with Crippen LogP contribution in [0.25, 0.3) is 0 Å². The van der Waals surface area contributed by atoms with Crippen LogP contribution in [-0.2, 0) is 0 Å². The van der Waals surface area contributed by atoms with Crippen LogP contribution in [0.4, 0.5) is 0 Å². The summed E-state index contributed by atoms with van der Waals surface area (Å²) < 4.78 is 5.33. The topological polar surface area (TPSA) is 88.0 Å². The minimum atomic E-state index is -0.569. The fourth-order valence-electron chi connectivity index (χ4n) is 2.29. The number of benzene rings is 3. The van der Waals surface area contributed by atoms with E-state index in [0.717, 1.165) is 0 Å². The van der Waals surface area contributed by atoms with Crippen LogP contribution >= 0.6 is 11.6 Å². The Morgan fingerprint density at radius 1 is 1.00 bits per heavy atom. The van der Waals surface area contributed by atoms with E-state index in [1.54, 1.807) is 48.5 Å². The summed E-state index contributed by atoms with van der Waals surface area (Å²) in [5.41, 5.74) is 3.63. The molecule has 0 aromatic heterocycles. The quantitative estimate of drug-likeness (QED) is 0.296. The lowest BCUT2D eigenvalue weighted by molar-refractivity contribution is 0.0734. The Morgan fingerprint density at radius 2 is 1.75 bits per heavy atom. The minimum absolute atomic E-state index is 0.0724. The summed E-state index contributed by atoms with van der Waals surface area (Å²) in [4.78, 5) is 24.2. The van der Waals surface area contributed by atoms with Crippen LogP contribution < -0.4 is 10.2 Å². The van der Waals surface area contributed by atoms with Gasteiger partial charge in [-0.25, -0.2) is 10.2 Å². The van der Waals surface area contributed by atoms with Crippen molar-refractivity contribution in [3.63, 3.8) is 0 Å². The van der Waals surface area contributed by atoms with E-state index in [-0.39, 0.29) is 11.3 Å². The number of carbonyl (C=O) groups excluding carboxylic acids is 2. The number of esters is 1. The summed E-state index contributed by atoms with van der Waals surface area (Å²) in [5.74, 6) is -0.597. The average molecular weight is 395 g/mol. The van der Waals surface area contributed by atoms with E-state index >= 15 is 0 Å². The maximum atomic E-state index is 12.2. The van der Waals surface area contributed by atoms with Gasteiger partial charge in [-0.05, 0) is 54.1 Å². The predicted molar refractivity (Wildman–Crippen MR) is 106 cm³/mol. The van der Waals surface area contributed by atoms with E-state index in [9.17, 15) is 14.7 Å². The molecule has 0 fully saturated rings. The van der Waals surface area contributed by atoms with Crippen molar-refractivity contribution in [3.05, 3.63) is 94.5 Å². The molecule has 7 heteroatoms. The first-order valence-corrected chi connectivity index (χ1v) is 8.60. The highest BCUT2D eigenvalue weighted by molar-refractivity contribution is 6.33. The molecule has 3 aromatic carbocycles. The second kappa shape index (κ2) is 8.83. The van der Waals surface area contributed by atoms with Crippen molar-refractivity contribution in [2.24, 2.45) is 5.10 Å². The largest absolute Gasteiger partial charge is 0.508 e. The molecule has 0 saturated carbocycles. The Balaban J connectivity index is 1.63. The SMILES string of the molecule is O=C(NN=Cc1cccc(OC(=O)c2ccccc2Cl)c1)c1ccc(O)cc1. The molecule has 0 aliphatic rings. The zero-order valence-corrected chi connectivity index (χ0v) is 15.3. The zero-order valence-electron chi connectivity index (χ0n) is 14.5. The molecule has 0 atom stereocenters. The molecule has 0 saturated heterocycles. The average Bonchev–Trinajstić information content (AvgIpc) is 2.69. The Morgan fingerprint density at radius 3 is 2.50 bits per heavy atom. The molecule has 3 rings (SSSR count). The molecule has 0 unspecified atom stereocenters. The first-order valence-electron chi connectivity index (χ1n) is 8.22. The number of rotatable bonds is 5. The molecule has 0 bridgehead atoms. The van der Waals surface area contributed by atoms with Crippen LogP contribution in [-0.4, -0.2) is 23.2 Å². The number of nitrogens with one attached hydrogen (secondary N) is 1. The third kappa shape index (κ3) is 4.96. The number of hydrogen-bond acceptors (Lipinski definition) is 5. The Hall–Kier alpha value is -3.64. The molecular weight excluding hydrogens is 380 g/mol. The highest BCUT2D eigenvalue weighted by Crippen LogP contribution is 2.19. The summed E-state index contributed by atoms with van der Waals surface area (Å²) in [6.07, 6.45) is 1.42. The Labute approximate surface area is 166 Å². The third-order valence-electron chi connectivity index (χ3n) is 3.67. The van der Waals surface area contributed by atoms with Crippen LogP contribution in [0.15, 0.2) is 77.9 Å². The van der Waals surface area contributed by atoms with Gasteiger partial charge >= 0.3 is 5.97 Å². The number of phenols is 1. The van der Waals surface area contributed by atoms with Crippen molar-refractivity contribution in [3.8, 4) is 11.5 Å². The van der Waals surface area contributed by atoms with Crippen molar-refractivity contribution in [2.45, 2.75) is 0 Å². The number of halogens is 1. The molecule has 28 heavy (non-hydrogen) atoms. The van der Waals surface area contributed by atoms with E-state index in [0.29, 0.717) is 21.9 Å². The van der Waals surface area contributed by atoms with Gasteiger partial charge in [-0.15, -0.1) is 0 Å². The number of amides is 1. The number of ether oxygens (including phenoxy) is 1. The van der Waals surface area contributed by atoms with E-state index in [4.69, 9.17) is 16.3 Å². The normalized spacial score (nSPS) is 10.6. The smallest absolute Gasteiger partial charge is 0.345 e. The molecule has 0 heterocycles. The van der Waals surface area contributed by atoms with Gasteiger partial charge in [-0.3, -0.25) is 4.79 Å². The lowest BCUT2D eigenvalue weighted by atomic mass is 10.2. The van der Waals surface area contributed by atoms with Crippen molar-refractivity contribution in [1.82, 2.24) is 5.43 Å². The maximum absolute atomic E-state index is 12.2. The number of hydrogen-bond donors (Lipinski definition) is 2. The summed E-state index contributed by atoms with van der Waals surface area (Å²) in [6.45, 7) is 0. The van der Waals surface area contributed by atoms with Crippen LogP contribution in [0, 0.1) is 0 Å². The zero-order chi connectivity index (χ0) is 19.9. The fraction of sp³-hybridized carbons (Fsp3) is 0. The Bertz CT molecular complexity index is 1030. The van der Waals surface area contributed by atoms with Gasteiger partial charge in [0.2, 0.25) is 0 Å². The van der Waals surface area contributed by atoms with Gasteiger partial charge in [0.05, 0.1) is 16.8 Å². The van der Waals surface area contributed by atoms with Crippen LogP contribution in [0.1, 0.15) is 26.3 Å². The van der Waals surface area contributed by atoms with Gasteiger partial charge in [0, 0.05) is 5.56 Å². The highest BCUT2D eigenvalue weighted by Gasteiger charge is 2.12. The Kier molecular flexibility index (Phi) is 6.04.